The van der Waals surface area contributed by atoms with E-state index in [2.05, 4.69) is 31.3 Å². The van der Waals surface area contributed by atoms with Gasteiger partial charge in [-0.05, 0) is 32.4 Å². The van der Waals surface area contributed by atoms with Crippen molar-refractivity contribution in [1.82, 2.24) is 10.2 Å². The van der Waals surface area contributed by atoms with Crippen molar-refractivity contribution in [2.24, 2.45) is 0 Å². The van der Waals surface area contributed by atoms with E-state index in [9.17, 15) is 4.79 Å². The average Bonchev–Trinajstić information content (AvgIpc) is 2.40. The molecule has 0 saturated carbocycles. The third-order valence-electron chi connectivity index (χ3n) is 3.28. The molecule has 19 heavy (non-hydrogen) atoms. The van der Waals surface area contributed by atoms with Crippen LogP contribution in [0.2, 0.25) is 0 Å². The number of carbonyl (C=O) groups excluding carboxylic acids is 1. The first-order valence-corrected chi connectivity index (χ1v) is 7.22. The van der Waals surface area contributed by atoms with Crippen LogP contribution in [0.1, 0.15) is 32.8 Å². The molecule has 0 spiro atoms. The molecule has 106 valence electrons. The molecule has 1 rings (SSSR count). The second kappa shape index (κ2) is 8.70. The number of hydrogen-bond donors (Lipinski definition) is 1. The van der Waals surface area contributed by atoms with Gasteiger partial charge in [-0.1, -0.05) is 37.3 Å². The van der Waals surface area contributed by atoms with E-state index in [1.54, 1.807) is 0 Å². The smallest absolute Gasteiger partial charge is 0.224 e. The van der Waals surface area contributed by atoms with Crippen LogP contribution in [-0.2, 0) is 11.2 Å². The minimum Gasteiger partial charge on any atom is -0.343 e. The minimum absolute atomic E-state index is 0.242. The quantitative estimate of drug-likeness (QED) is 0.780. The lowest BCUT2D eigenvalue weighted by Crippen LogP contribution is -2.37. The van der Waals surface area contributed by atoms with Gasteiger partial charge in [-0.3, -0.25) is 4.79 Å². The Morgan fingerprint density at radius 1 is 1.26 bits per heavy atom. The first-order chi connectivity index (χ1) is 9.17. The fourth-order valence-electron chi connectivity index (χ4n) is 2.18. The second-order valence-corrected chi connectivity index (χ2v) is 4.87. The Morgan fingerprint density at radius 3 is 2.53 bits per heavy atom. The molecule has 0 saturated heterocycles. The maximum Gasteiger partial charge on any atom is 0.224 e. The molecule has 1 atom stereocenters. The number of nitrogens with zero attached hydrogens (tertiary/aromatic N) is 1. The Balaban J connectivity index is 2.42. The normalized spacial score (nSPS) is 12.2. The summed E-state index contributed by atoms with van der Waals surface area (Å²) in [5.74, 6) is 0.242. The number of benzene rings is 1. The van der Waals surface area contributed by atoms with Crippen LogP contribution in [-0.4, -0.2) is 36.5 Å². The molecule has 1 unspecified atom stereocenters. The topological polar surface area (TPSA) is 32.3 Å². The number of rotatable bonds is 8. The van der Waals surface area contributed by atoms with Gasteiger partial charge in [0.05, 0.1) is 0 Å². The monoisotopic (exact) mass is 262 g/mol. The van der Waals surface area contributed by atoms with Gasteiger partial charge in [-0.2, -0.15) is 0 Å². The summed E-state index contributed by atoms with van der Waals surface area (Å²) in [5.41, 5.74) is 1.29. The van der Waals surface area contributed by atoms with Crippen LogP contribution < -0.4 is 5.32 Å². The van der Waals surface area contributed by atoms with Crippen LogP contribution in [0, 0.1) is 0 Å². The summed E-state index contributed by atoms with van der Waals surface area (Å²) in [6.07, 6.45) is 1.51. The number of nitrogens with one attached hydrogen (secondary N) is 1. The van der Waals surface area contributed by atoms with Gasteiger partial charge < -0.3 is 10.2 Å². The highest BCUT2D eigenvalue weighted by molar-refractivity contribution is 5.76. The summed E-state index contributed by atoms with van der Waals surface area (Å²) in [7, 11) is 0. The van der Waals surface area contributed by atoms with Gasteiger partial charge in [0, 0.05) is 25.6 Å². The molecule has 0 bridgehead atoms. The first-order valence-electron chi connectivity index (χ1n) is 7.22. The molecule has 1 aromatic rings. The van der Waals surface area contributed by atoms with Crippen molar-refractivity contribution in [2.75, 3.05) is 19.6 Å². The van der Waals surface area contributed by atoms with Crippen molar-refractivity contribution < 1.29 is 4.79 Å². The van der Waals surface area contributed by atoms with Crippen molar-refractivity contribution in [3.05, 3.63) is 35.9 Å². The molecule has 1 aromatic carbocycles. The van der Waals surface area contributed by atoms with E-state index in [0.717, 1.165) is 26.1 Å². The highest BCUT2D eigenvalue weighted by atomic mass is 16.2. The van der Waals surface area contributed by atoms with Crippen LogP contribution in [0.4, 0.5) is 0 Å². The highest BCUT2D eigenvalue weighted by Crippen LogP contribution is 2.04. The largest absolute Gasteiger partial charge is 0.343 e. The maximum atomic E-state index is 12.2. The Bertz CT molecular complexity index is 364. The van der Waals surface area contributed by atoms with E-state index >= 15 is 0 Å². The number of likely N-dealkylation sites (N-methyl/N-ethyl adjacent to an activating group) is 1. The minimum atomic E-state index is 0.242. The van der Waals surface area contributed by atoms with Gasteiger partial charge in [-0.15, -0.1) is 0 Å². The van der Waals surface area contributed by atoms with E-state index in [4.69, 9.17) is 0 Å². The summed E-state index contributed by atoms with van der Waals surface area (Å²) in [5, 5.41) is 3.28. The first kappa shape index (κ1) is 15.7. The molecule has 0 radical (unpaired) electrons. The molecule has 0 aromatic heterocycles. The Kier molecular flexibility index (Phi) is 7.19. The van der Waals surface area contributed by atoms with Crippen LogP contribution in [0.25, 0.3) is 0 Å². The van der Waals surface area contributed by atoms with Crippen LogP contribution in [0.3, 0.4) is 0 Å². The van der Waals surface area contributed by atoms with Crippen LogP contribution in [0.15, 0.2) is 30.3 Å². The zero-order valence-electron chi connectivity index (χ0n) is 12.4. The standard InChI is InChI=1S/C16H26N2O/c1-4-17-14(3)13-16(19)18(5-2)12-11-15-9-7-6-8-10-15/h6-10,14,17H,4-5,11-13H2,1-3H3. The van der Waals surface area contributed by atoms with Gasteiger partial charge in [0.2, 0.25) is 5.91 Å². The summed E-state index contributed by atoms with van der Waals surface area (Å²) < 4.78 is 0. The molecule has 3 nitrogen and oxygen atoms in total. The highest BCUT2D eigenvalue weighted by Gasteiger charge is 2.14. The molecule has 0 aliphatic heterocycles. The number of carbonyl (C=O) groups is 1. The van der Waals surface area contributed by atoms with Crippen molar-refractivity contribution in [3.63, 3.8) is 0 Å². The molecule has 0 aliphatic carbocycles. The van der Waals surface area contributed by atoms with Gasteiger partial charge in [0.1, 0.15) is 0 Å². The van der Waals surface area contributed by atoms with E-state index in [1.165, 1.54) is 5.56 Å². The van der Waals surface area contributed by atoms with E-state index in [-0.39, 0.29) is 11.9 Å². The molecular formula is C16H26N2O. The zero-order chi connectivity index (χ0) is 14.1. The fraction of sp³-hybridized carbons (Fsp3) is 0.562. The lowest BCUT2D eigenvalue weighted by atomic mass is 10.1. The third-order valence-corrected chi connectivity index (χ3v) is 3.28. The zero-order valence-corrected chi connectivity index (χ0v) is 12.4. The summed E-state index contributed by atoms with van der Waals surface area (Å²) in [6, 6.07) is 10.6. The second-order valence-electron chi connectivity index (χ2n) is 4.87. The van der Waals surface area contributed by atoms with Gasteiger partial charge in [0.15, 0.2) is 0 Å². The lowest BCUT2D eigenvalue weighted by Gasteiger charge is -2.23. The molecule has 0 heterocycles. The summed E-state index contributed by atoms with van der Waals surface area (Å²) in [4.78, 5) is 14.1. The lowest BCUT2D eigenvalue weighted by molar-refractivity contribution is -0.131. The number of amides is 1. The van der Waals surface area contributed by atoms with Gasteiger partial charge in [0.25, 0.3) is 0 Å². The molecule has 1 amide bonds. The van der Waals surface area contributed by atoms with Crippen LogP contribution >= 0.6 is 0 Å². The van der Waals surface area contributed by atoms with Crippen molar-refractivity contribution >= 4 is 5.91 Å². The predicted molar refractivity (Wildman–Crippen MR) is 80.2 cm³/mol. The Hall–Kier alpha value is -1.35. The van der Waals surface area contributed by atoms with Crippen molar-refractivity contribution in [3.8, 4) is 0 Å². The molecule has 0 aliphatic rings. The Labute approximate surface area is 117 Å². The van der Waals surface area contributed by atoms with E-state index < -0.39 is 0 Å². The van der Waals surface area contributed by atoms with E-state index in [0.29, 0.717) is 6.42 Å². The maximum absolute atomic E-state index is 12.2. The fourth-order valence-corrected chi connectivity index (χ4v) is 2.18. The van der Waals surface area contributed by atoms with Crippen LogP contribution in [0.5, 0.6) is 0 Å². The third kappa shape index (κ3) is 5.88. The van der Waals surface area contributed by atoms with Crippen molar-refractivity contribution in [2.45, 2.75) is 39.7 Å². The molecule has 0 fully saturated rings. The SMILES string of the molecule is CCNC(C)CC(=O)N(CC)CCc1ccccc1. The Morgan fingerprint density at radius 2 is 1.95 bits per heavy atom. The summed E-state index contributed by atoms with van der Waals surface area (Å²) in [6.45, 7) is 8.66. The summed E-state index contributed by atoms with van der Waals surface area (Å²) >= 11 is 0. The average molecular weight is 262 g/mol. The van der Waals surface area contributed by atoms with E-state index in [1.807, 2.05) is 30.0 Å². The van der Waals surface area contributed by atoms with Gasteiger partial charge >= 0.3 is 0 Å². The number of hydrogen-bond acceptors (Lipinski definition) is 2. The molecular weight excluding hydrogens is 236 g/mol. The van der Waals surface area contributed by atoms with Crippen molar-refractivity contribution in [1.29, 1.82) is 0 Å². The predicted octanol–water partition coefficient (Wildman–Crippen LogP) is 2.47. The van der Waals surface area contributed by atoms with Gasteiger partial charge in [-0.25, -0.2) is 0 Å². The molecule has 1 N–H and O–H groups in total. The molecule has 3 heteroatoms.